The van der Waals surface area contributed by atoms with Gasteiger partial charge in [0.1, 0.15) is 0 Å². The number of hydrogen-bond acceptors (Lipinski definition) is 4. The van der Waals surface area contributed by atoms with Crippen molar-refractivity contribution < 1.29 is 0 Å². The summed E-state index contributed by atoms with van der Waals surface area (Å²) >= 11 is 0. The molecule has 0 amide bonds. The minimum atomic E-state index is 0.946. The molecule has 3 heterocycles. The van der Waals surface area contributed by atoms with Crippen molar-refractivity contribution in [3.8, 4) is 0 Å². The first-order valence-electron chi connectivity index (χ1n) is 7.51. The van der Waals surface area contributed by atoms with Gasteiger partial charge < -0.3 is 19.6 Å². The third-order valence-corrected chi connectivity index (χ3v) is 4.78. The quantitative estimate of drug-likeness (QED) is 0.683. The first-order valence-corrected chi connectivity index (χ1v) is 7.51. The summed E-state index contributed by atoms with van der Waals surface area (Å²) in [6, 6.07) is 0. The van der Waals surface area contributed by atoms with Crippen LogP contribution < -0.4 is 0 Å². The van der Waals surface area contributed by atoms with Gasteiger partial charge in [0, 0.05) is 65.4 Å². The average Bonchev–Trinajstić information content (AvgIpc) is 2.27. The van der Waals surface area contributed by atoms with Gasteiger partial charge in [-0.15, -0.1) is 0 Å². The molecule has 4 heteroatoms. The maximum absolute atomic E-state index is 2.68. The van der Waals surface area contributed by atoms with Gasteiger partial charge in [-0.25, -0.2) is 0 Å². The monoisotopic (exact) mass is 252 g/mol. The smallest absolute Gasteiger partial charge is 0.0110 e. The minimum Gasteiger partial charge on any atom is -0.306 e. The molecule has 0 spiro atoms. The summed E-state index contributed by atoms with van der Waals surface area (Å²) in [5, 5.41) is 0. The SMILES string of the molecule is CN1CC(CN2CCN(CC3CN(C)C3)CC2)C1. The van der Waals surface area contributed by atoms with E-state index >= 15 is 0 Å². The Kier molecular flexibility index (Phi) is 3.89. The molecule has 104 valence electrons. The molecule has 0 aromatic rings. The number of nitrogens with zero attached hydrogens (tertiary/aromatic N) is 4. The highest BCUT2D eigenvalue weighted by Crippen LogP contribution is 2.17. The van der Waals surface area contributed by atoms with Crippen LogP contribution in [0, 0.1) is 11.8 Å². The van der Waals surface area contributed by atoms with Gasteiger partial charge in [0.05, 0.1) is 0 Å². The van der Waals surface area contributed by atoms with E-state index in [4.69, 9.17) is 0 Å². The fraction of sp³-hybridized carbons (Fsp3) is 1.00. The molecule has 0 saturated carbocycles. The highest BCUT2D eigenvalue weighted by Gasteiger charge is 2.29. The number of rotatable bonds is 4. The molecule has 0 aromatic carbocycles. The zero-order valence-corrected chi connectivity index (χ0v) is 12.0. The largest absolute Gasteiger partial charge is 0.306 e. The average molecular weight is 252 g/mol. The van der Waals surface area contributed by atoms with Gasteiger partial charge in [-0.2, -0.15) is 0 Å². The van der Waals surface area contributed by atoms with Gasteiger partial charge in [-0.1, -0.05) is 0 Å². The standard InChI is InChI=1S/C14H28N4/c1-15-7-13(8-15)11-17-3-5-18(6-4-17)12-14-9-16(2)10-14/h13-14H,3-12H2,1-2H3. The molecular formula is C14H28N4. The van der Waals surface area contributed by atoms with E-state index in [1.54, 1.807) is 0 Å². The van der Waals surface area contributed by atoms with Crippen molar-refractivity contribution >= 4 is 0 Å². The van der Waals surface area contributed by atoms with E-state index in [-0.39, 0.29) is 0 Å². The first-order chi connectivity index (χ1) is 8.69. The zero-order chi connectivity index (χ0) is 12.5. The summed E-state index contributed by atoms with van der Waals surface area (Å²) in [7, 11) is 4.45. The Morgan fingerprint density at radius 2 is 1.00 bits per heavy atom. The van der Waals surface area contributed by atoms with E-state index in [9.17, 15) is 0 Å². The zero-order valence-electron chi connectivity index (χ0n) is 12.0. The van der Waals surface area contributed by atoms with Crippen molar-refractivity contribution in [3.05, 3.63) is 0 Å². The van der Waals surface area contributed by atoms with Gasteiger partial charge in [-0.05, 0) is 25.9 Å². The lowest BCUT2D eigenvalue weighted by molar-refractivity contribution is 0.0395. The molecule has 0 unspecified atom stereocenters. The highest BCUT2D eigenvalue weighted by atomic mass is 15.3. The van der Waals surface area contributed by atoms with Crippen LogP contribution in [0.4, 0.5) is 0 Å². The molecule has 0 aliphatic carbocycles. The molecule has 0 atom stereocenters. The molecule has 0 N–H and O–H groups in total. The number of piperazine rings is 1. The van der Waals surface area contributed by atoms with Crippen LogP contribution in [0.3, 0.4) is 0 Å². The van der Waals surface area contributed by atoms with Crippen LogP contribution in [-0.2, 0) is 0 Å². The van der Waals surface area contributed by atoms with Crippen molar-refractivity contribution in [1.82, 2.24) is 19.6 Å². The van der Waals surface area contributed by atoms with Crippen molar-refractivity contribution in [3.63, 3.8) is 0 Å². The Bertz CT molecular complexity index is 235. The summed E-state index contributed by atoms with van der Waals surface area (Å²) in [6.07, 6.45) is 0. The Balaban J connectivity index is 1.31. The van der Waals surface area contributed by atoms with Crippen LogP contribution in [0.15, 0.2) is 0 Å². The first kappa shape index (κ1) is 12.9. The molecule has 4 nitrogen and oxygen atoms in total. The van der Waals surface area contributed by atoms with E-state index in [1.807, 2.05) is 0 Å². The minimum absolute atomic E-state index is 0.946. The maximum atomic E-state index is 2.68. The molecule has 18 heavy (non-hydrogen) atoms. The van der Waals surface area contributed by atoms with Crippen molar-refractivity contribution in [2.75, 3.05) is 79.5 Å². The second kappa shape index (κ2) is 5.45. The summed E-state index contributed by atoms with van der Waals surface area (Å²) in [5.41, 5.74) is 0. The topological polar surface area (TPSA) is 13.0 Å². The fourth-order valence-electron chi connectivity index (χ4n) is 3.77. The van der Waals surface area contributed by atoms with Crippen molar-refractivity contribution in [2.24, 2.45) is 11.8 Å². The number of likely N-dealkylation sites (tertiary alicyclic amines) is 2. The maximum Gasteiger partial charge on any atom is 0.0110 e. The van der Waals surface area contributed by atoms with Crippen molar-refractivity contribution in [1.29, 1.82) is 0 Å². The van der Waals surface area contributed by atoms with Crippen LogP contribution in [0.1, 0.15) is 0 Å². The van der Waals surface area contributed by atoms with Gasteiger partial charge in [-0.3, -0.25) is 0 Å². The number of hydrogen-bond donors (Lipinski definition) is 0. The molecule has 0 aromatic heterocycles. The molecule has 3 aliphatic rings. The van der Waals surface area contributed by atoms with Crippen molar-refractivity contribution in [2.45, 2.75) is 0 Å². The normalized spacial score (nSPS) is 30.3. The van der Waals surface area contributed by atoms with Crippen LogP contribution in [0.5, 0.6) is 0 Å². The molecule has 3 rings (SSSR count). The lowest BCUT2D eigenvalue weighted by atomic mass is 9.99. The van der Waals surface area contributed by atoms with Crippen LogP contribution in [0.25, 0.3) is 0 Å². The molecule has 3 fully saturated rings. The van der Waals surface area contributed by atoms with Gasteiger partial charge in [0.25, 0.3) is 0 Å². The predicted molar refractivity (Wildman–Crippen MR) is 74.9 cm³/mol. The predicted octanol–water partition coefficient (Wildman–Crippen LogP) is -0.273. The summed E-state index contributed by atoms with van der Waals surface area (Å²) < 4.78 is 0. The fourth-order valence-corrected chi connectivity index (χ4v) is 3.77. The van der Waals surface area contributed by atoms with E-state index in [0.717, 1.165) is 11.8 Å². The van der Waals surface area contributed by atoms with Crippen LogP contribution in [-0.4, -0.2) is 99.1 Å². The summed E-state index contributed by atoms with van der Waals surface area (Å²) in [6.45, 7) is 13.1. The second-order valence-corrected chi connectivity index (χ2v) is 6.78. The third kappa shape index (κ3) is 3.05. The van der Waals surface area contributed by atoms with E-state index < -0.39 is 0 Å². The molecular weight excluding hydrogens is 224 g/mol. The Hall–Kier alpha value is -0.160. The lowest BCUT2D eigenvalue weighted by Crippen LogP contribution is -2.56. The lowest BCUT2D eigenvalue weighted by Gasteiger charge is -2.44. The molecule has 3 saturated heterocycles. The van der Waals surface area contributed by atoms with E-state index in [1.165, 1.54) is 65.4 Å². The van der Waals surface area contributed by atoms with E-state index in [0.29, 0.717) is 0 Å². The van der Waals surface area contributed by atoms with Gasteiger partial charge in [0.15, 0.2) is 0 Å². The molecule has 0 radical (unpaired) electrons. The Morgan fingerprint density at radius 1 is 0.667 bits per heavy atom. The van der Waals surface area contributed by atoms with Gasteiger partial charge in [0.2, 0.25) is 0 Å². The van der Waals surface area contributed by atoms with Gasteiger partial charge >= 0.3 is 0 Å². The summed E-state index contributed by atoms with van der Waals surface area (Å²) in [4.78, 5) is 10.2. The molecule has 3 aliphatic heterocycles. The van der Waals surface area contributed by atoms with Crippen LogP contribution in [0.2, 0.25) is 0 Å². The summed E-state index contributed by atoms with van der Waals surface area (Å²) in [5.74, 6) is 1.89. The molecule has 0 bridgehead atoms. The Labute approximate surface area is 112 Å². The highest BCUT2D eigenvalue weighted by molar-refractivity contribution is 4.84. The van der Waals surface area contributed by atoms with Crippen LogP contribution >= 0.6 is 0 Å². The Morgan fingerprint density at radius 3 is 1.28 bits per heavy atom. The second-order valence-electron chi connectivity index (χ2n) is 6.78. The third-order valence-electron chi connectivity index (χ3n) is 4.78. The van der Waals surface area contributed by atoms with E-state index in [2.05, 4.69) is 33.7 Å².